The van der Waals surface area contributed by atoms with Crippen molar-refractivity contribution in [3.8, 4) is 0 Å². The molecule has 3 heteroatoms. The van der Waals surface area contributed by atoms with Gasteiger partial charge in [0, 0.05) is 18.3 Å². The Kier molecular flexibility index (Phi) is 1.24. The first kappa shape index (κ1) is 5.92. The van der Waals surface area contributed by atoms with Crippen molar-refractivity contribution in [2.45, 2.75) is 19.1 Å². The van der Waals surface area contributed by atoms with Gasteiger partial charge in [-0.3, -0.25) is 0 Å². The molecule has 1 aromatic heterocycles. The normalized spacial score (nSPS) is 20.9. The molecule has 1 aromatic rings. The summed E-state index contributed by atoms with van der Waals surface area (Å²) in [5.41, 5.74) is 0. The Labute approximate surface area is 59.3 Å². The smallest absolute Gasteiger partial charge is 0.149 e. The molecule has 54 valence electrons. The predicted octanol–water partition coefficient (Wildman–Crippen LogP) is 0.784. The number of rotatable bonds is 2. The predicted molar refractivity (Wildman–Crippen MR) is 36.2 cm³/mol. The van der Waals surface area contributed by atoms with Crippen molar-refractivity contribution in [1.82, 2.24) is 9.78 Å². The van der Waals surface area contributed by atoms with Crippen LogP contribution in [-0.4, -0.2) is 14.9 Å². The maximum Gasteiger partial charge on any atom is 0.149 e. The van der Waals surface area contributed by atoms with Gasteiger partial charge in [0.1, 0.15) is 6.23 Å². The van der Waals surface area contributed by atoms with Crippen LogP contribution in [0.1, 0.15) is 19.1 Å². The maximum atomic E-state index is 9.45. The molecular weight excluding hydrogens is 128 g/mol. The van der Waals surface area contributed by atoms with Crippen LogP contribution in [0.25, 0.3) is 0 Å². The van der Waals surface area contributed by atoms with Crippen molar-refractivity contribution in [3.63, 3.8) is 0 Å². The zero-order valence-corrected chi connectivity index (χ0v) is 5.64. The molecule has 0 bridgehead atoms. The minimum Gasteiger partial charge on any atom is -0.371 e. The highest BCUT2D eigenvalue weighted by Crippen LogP contribution is 2.37. The highest BCUT2D eigenvalue weighted by Gasteiger charge is 2.30. The van der Waals surface area contributed by atoms with Crippen LogP contribution in [0.15, 0.2) is 18.5 Å². The standard InChI is InChI=1S/C7H10N2O/c10-7(6-2-3-6)9-5-1-4-8-9/h1,4-7,10H,2-3H2. The molecule has 0 amide bonds. The van der Waals surface area contributed by atoms with E-state index in [1.54, 1.807) is 17.1 Å². The Morgan fingerprint density at radius 3 is 2.90 bits per heavy atom. The first-order valence-corrected chi connectivity index (χ1v) is 3.55. The van der Waals surface area contributed by atoms with E-state index in [-0.39, 0.29) is 6.23 Å². The summed E-state index contributed by atoms with van der Waals surface area (Å²) in [5, 5.41) is 13.4. The van der Waals surface area contributed by atoms with Gasteiger partial charge in [0.15, 0.2) is 0 Å². The van der Waals surface area contributed by atoms with Gasteiger partial charge in [0.05, 0.1) is 0 Å². The molecule has 1 aliphatic rings. The van der Waals surface area contributed by atoms with E-state index in [0.29, 0.717) is 5.92 Å². The van der Waals surface area contributed by atoms with Gasteiger partial charge in [0.2, 0.25) is 0 Å². The van der Waals surface area contributed by atoms with Crippen LogP contribution in [0.4, 0.5) is 0 Å². The quantitative estimate of drug-likeness (QED) is 0.656. The number of hydrogen-bond acceptors (Lipinski definition) is 2. The third-order valence-corrected chi connectivity index (χ3v) is 1.84. The maximum absolute atomic E-state index is 9.45. The SMILES string of the molecule is OC(C1CC1)n1cccn1. The van der Waals surface area contributed by atoms with Crippen LogP contribution < -0.4 is 0 Å². The van der Waals surface area contributed by atoms with Gasteiger partial charge in [-0.05, 0) is 18.9 Å². The molecule has 0 aromatic carbocycles. The van der Waals surface area contributed by atoms with E-state index in [1.165, 1.54) is 0 Å². The fourth-order valence-electron chi connectivity index (χ4n) is 1.05. The van der Waals surface area contributed by atoms with Crippen LogP contribution >= 0.6 is 0 Å². The molecule has 1 aliphatic carbocycles. The topological polar surface area (TPSA) is 38.0 Å². The Morgan fingerprint density at radius 2 is 2.40 bits per heavy atom. The van der Waals surface area contributed by atoms with Crippen molar-refractivity contribution < 1.29 is 5.11 Å². The molecule has 0 radical (unpaired) electrons. The molecule has 10 heavy (non-hydrogen) atoms. The first-order valence-electron chi connectivity index (χ1n) is 3.55. The lowest BCUT2D eigenvalue weighted by molar-refractivity contribution is 0.0681. The van der Waals surface area contributed by atoms with Gasteiger partial charge in [-0.15, -0.1) is 0 Å². The average Bonchev–Trinajstić information content (AvgIpc) is 2.65. The van der Waals surface area contributed by atoms with Crippen LogP contribution in [0.5, 0.6) is 0 Å². The summed E-state index contributed by atoms with van der Waals surface area (Å²) < 4.78 is 1.61. The number of aliphatic hydroxyl groups excluding tert-OH is 1. The number of hydrogen-bond donors (Lipinski definition) is 1. The highest BCUT2D eigenvalue weighted by molar-refractivity contribution is 4.84. The molecule has 1 unspecified atom stereocenters. The Hall–Kier alpha value is -0.830. The summed E-state index contributed by atoms with van der Waals surface area (Å²) in [6, 6.07) is 1.82. The number of nitrogens with zero attached hydrogens (tertiary/aromatic N) is 2. The van der Waals surface area contributed by atoms with E-state index in [1.807, 2.05) is 6.07 Å². The fourth-order valence-corrected chi connectivity index (χ4v) is 1.05. The largest absolute Gasteiger partial charge is 0.371 e. The van der Waals surface area contributed by atoms with Crippen molar-refractivity contribution in [2.75, 3.05) is 0 Å². The second-order valence-electron chi connectivity index (χ2n) is 2.74. The molecule has 0 saturated heterocycles. The van der Waals surface area contributed by atoms with Crippen molar-refractivity contribution in [1.29, 1.82) is 0 Å². The summed E-state index contributed by atoms with van der Waals surface area (Å²) in [5.74, 6) is 0.458. The molecular formula is C7H10N2O. The molecule has 0 aliphatic heterocycles. The van der Waals surface area contributed by atoms with Crippen LogP contribution in [0, 0.1) is 5.92 Å². The Balaban J connectivity index is 2.11. The van der Waals surface area contributed by atoms with Gasteiger partial charge in [-0.2, -0.15) is 5.10 Å². The number of aromatic nitrogens is 2. The van der Waals surface area contributed by atoms with E-state index in [4.69, 9.17) is 0 Å². The van der Waals surface area contributed by atoms with Crippen molar-refractivity contribution >= 4 is 0 Å². The molecule has 1 heterocycles. The monoisotopic (exact) mass is 138 g/mol. The lowest BCUT2D eigenvalue weighted by Crippen LogP contribution is -2.10. The van der Waals surface area contributed by atoms with E-state index >= 15 is 0 Å². The minimum absolute atomic E-state index is 0.380. The summed E-state index contributed by atoms with van der Waals surface area (Å²) in [7, 11) is 0. The third-order valence-electron chi connectivity index (χ3n) is 1.84. The zero-order valence-electron chi connectivity index (χ0n) is 5.64. The van der Waals surface area contributed by atoms with Crippen LogP contribution in [0.3, 0.4) is 0 Å². The van der Waals surface area contributed by atoms with E-state index in [0.717, 1.165) is 12.8 Å². The van der Waals surface area contributed by atoms with Gasteiger partial charge in [0.25, 0.3) is 0 Å². The van der Waals surface area contributed by atoms with Gasteiger partial charge in [-0.1, -0.05) is 0 Å². The van der Waals surface area contributed by atoms with Crippen molar-refractivity contribution in [2.24, 2.45) is 5.92 Å². The lowest BCUT2D eigenvalue weighted by atomic mass is 10.4. The van der Waals surface area contributed by atoms with Crippen molar-refractivity contribution in [3.05, 3.63) is 18.5 Å². The highest BCUT2D eigenvalue weighted by atomic mass is 16.3. The zero-order chi connectivity index (χ0) is 6.97. The molecule has 1 fully saturated rings. The minimum atomic E-state index is -0.380. The molecule has 1 saturated carbocycles. The fraction of sp³-hybridized carbons (Fsp3) is 0.571. The van der Waals surface area contributed by atoms with Gasteiger partial charge in [-0.25, -0.2) is 4.68 Å². The molecule has 0 spiro atoms. The van der Waals surface area contributed by atoms with E-state index in [2.05, 4.69) is 5.10 Å². The lowest BCUT2D eigenvalue weighted by Gasteiger charge is -2.07. The average molecular weight is 138 g/mol. The second-order valence-corrected chi connectivity index (χ2v) is 2.74. The van der Waals surface area contributed by atoms with E-state index in [9.17, 15) is 5.11 Å². The molecule has 2 rings (SSSR count). The summed E-state index contributed by atoms with van der Waals surface area (Å²) in [4.78, 5) is 0. The third kappa shape index (κ3) is 0.926. The summed E-state index contributed by atoms with van der Waals surface area (Å²) >= 11 is 0. The molecule has 1 atom stereocenters. The Morgan fingerprint density at radius 1 is 1.60 bits per heavy atom. The Bertz CT molecular complexity index is 203. The summed E-state index contributed by atoms with van der Waals surface area (Å²) in [6.07, 6.45) is 5.38. The number of aliphatic hydroxyl groups is 1. The first-order chi connectivity index (χ1) is 4.88. The van der Waals surface area contributed by atoms with Crippen LogP contribution in [-0.2, 0) is 0 Å². The molecule has 3 nitrogen and oxygen atoms in total. The second kappa shape index (κ2) is 2.09. The van der Waals surface area contributed by atoms with Crippen LogP contribution in [0.2, 0.25) is 0 Å². The summed E-state index contributed by atoms with van der Waals surface area (Å²) in [6.45, 7) is 0. The van der Waals surface area contributed by atoms with E-state index < -0.39 is 0 Å². The van der Waals surface area contributed by atoms with Gasteiger partial charge >= 0.3 is 0 Å². The van der Waals surface area contributed by atoms with Gasteiger partial charge < -0.3 is 5.11 Å². The molecule has 1 N–H and O–H groups in total.